The molecule has 1 rings (SSSR count). The maximum atomic E-state index is 12.5. The molecule has 0 aliphatic carbocycles. The van der Waals surface area contributed by atoms with Crippen molar-refractivity contribution in [2.75, 3.05) is 26.8 Å². The average molecular weight is 288 g/mol. The van der Waals surface area contributed by atoms with E-state index in [1.165, 1.54) is 4.90 Å². The summed E-state index contributed by atoms with van der Waals surface area (Å²) in [6.45, 7) is 4.97. The van der Waals surface area contributed by atoms with Gasteiger partial charge in [-0.25, -0.2) is 0 Å². The standard InChI is InChI=1S/C13H24N2O3S/c1-4-12(2,10(14)19)11(16)15(3)9-13(17)5-7-18-8-6-13/h17H,4-9H2,1-3H3,(H2,14,19). The van der Waals surface area contributed by atoms with E-state index in [4.69, 9.17) is 22.7 Å². The smallest absolute Gasteiger partial charge is 0.235 e. The summed E-state index contributed by atoms with van der Waals surface area (Å²) in [6, 6.07) is 0. The Morgan fingerprint density at radius 1 is 1.53 bits per heavy atom. The summed E-state index contributed by atoms with van der Waals surface area (Å²) >= 11 is 5.00. The summed E-state index contributed by atoms with van der Waals surface area (Å²) in [5.74, 6) is -0.137. The van der Waals surface area contributed by atoms with Crippen molar-refractivity contribution in [1.29, 1.82) is 0 Å². The van der Waals surface area contributed by atoms with Crippen molar-refractivity contribution in [3.05, 3.63) is 0 Å². The number of carbonyl (C=O) groups is 1. The second-order valence-corrected chi connectivity index (χ2v) is 5.99. The Kier molecular flexibility index (Phi) is 5.29. The highest BCUT2D eigenvalue weighted by atomic mass is 32.1. The van der Waals surface area contributed by atoms with Crippen LogP contribution in [0.3, 0.4) is 0 Å². The van der Waals surface area contributed by atoms with Crippen molar-refractivity contribution in [1.82, 2.24) is 4.90 Å². The fraction of sp³-hybridized carbons (Fsp3) is 0.846. The van der Waals surface area contributed by atoms with Crippen molar-refractivity contribution in [2.45, 2.75) is 38.7 Å². The minimum Gasteiger partial charge on any atom is -0.392 e. The Balaban J connectivity index is 2.74. The monoisotopic (exact) mass is 288 g/mol. The SMILES string of the molecule is CCC(C)(C(=O)N(C)CC1(O)CCOCC1)C(N)=S. The summed E-state index contributed by atoms with van der Waals surface area (Å²) in [5, 5.41) is 10.4. The fourth-order valence-corrected chi connectivity index (χ4v) is 2.51. The van der Waals surface area contributed by atoms with Crippen LogP contribution in [0.2, 0.25) is 0 Å². The number of likely N-dealkylation sites (N-methyl/N-ethyl adjacent to an activating group) is 1. The minimum absolute atomic E-state index is 0.137. The van der Waals surface area contributed by atoms with Gasteiger partial charge in [0.2, 0.25) is 5.91 Å². The third kappa shape index (κ3) is 3.64. The van der Waals surface area contributed by atoms with Crippen molar-refractivity contribution < 1.29 is 14.6 Å². The van der Waals surface area contributed by atoms with Crippen LogP contribution in [0.15, 0.2) is 0 Å². The largest absolute Gasteiger partial charge is 0.392 e. The molecule has 1 unspecified atom stereocenters. The molecule has 0 saturated carbocycles. The van der Waals surface area contributed by atoms with Crippen LogP contribution >= 0.6 is 12.2 Å². The number of nitrogens with two attached hydrogens (primary N) is 1. The zero-order chi connectivity index (χ0) is 14.7. The van der Waals surface area contributed by atoms with E-state index in [-0.39, 0.29) is 17.4 Å². The van der Waals surface area contributed by atoms with Gasteiger partial charge in [-0.15, -0.1) is 0 Å². The van der Waals surface area contributed by atoms with Crippen molar-refractivity contribution in [3.8, 4) is 0 Å². The molecule has 0 spiro atoms. The quantitative estimate of drug-likeness (QED) is 0.728. The topological polar surface area (TPSA) is 75.8 Å². The number of aliphatic hydroxyl groups is 1. The molecule has 0 aromatic heterocycles. The molecule has 1 amide bonds. The molecule has 0 radical (unpaired) electrons. The molecule has 1 aliphatic rings. The van der Waals surface area contributed by atoms with Gasteiger partial charge >= 0.3 is 0 Å². The van der Waals surface area contributed by atoms with E-state index in [0.29, 0.717) is 32.5 Å². The number of nitrogens with zero attached hydrogens (tertiary/aromatic N) is 1. The van der Waals surface area contributed by atoms with E-state index in [9.17, 15) is 9.90 Å². The maximum Gasteiger partial charge on any atom is 0.235 e. The van der Waals surface area contributed by atoms with E-state index in [0.717, 1.165) is 0 Å². The summed E-state index contributed by atoms with van der Waals surface area (Å²) in [4.78, 5) is 14.2. The van der Waals surface area contributed by atoms with Gasteiger partial charge in [-0.05, 0) is 13.3 Å². The molecule has 110 valence electrons. The molecule has 1 aliphatic heterocycles. The summed E-state index contributed by atoms with van der Waals surface area (Å²) in [5.41, 5.74) is 3.98. The lowest BCUT2D eigenvalue weighted by Crippen LogP contribution is -2.53. The Labute approximate surface area is 120 Å². The van der Waals surface area contributed by atoms with Crippen LogP contribution in [0.25, 0.3) is 0 Å². The van der Waals surface area contributed by atoms with Crippen molar-refractivity contribution in [3.63, 3.8) is 0 Å². The van der Waals surface area contributed by atoms with Crippen molar-refractivity contribution in [2.24, 2.45) is 11.1 Å². The number of hydrogen-bond donors (Lipinski definition) is 2. The molecule has 6 heteroatoms. The van der Waals surface area contributed by atoms with Crippen LogP contribution in [-0.2, 0) is 9.53 Å². The summed E-state index contributed by atoms with van der Waals surface area (Å²) in [7, 11) is 1.68. The lowest BCUT2D eigenvalue weighted by Gasteiger charge is -2.38. The number of thiocarbonyl (C=S) groups is 1. The van der Waals surface area contributed by atoms with Gasteiger partial charge in [-0.3, -0.25) is 4.79 Å². The van der Waals surface area contributed by atoms with Crippen LogP contribution < -0.4 is 5.73 Å². The van der Waals surface area contributed by atoms with Gasteiger partial charge in [0, 0.05) is 39.6 Å². The van der Waals surface area contributed by atoms with Gasteiger partial charge < -0.3 is 20.5 Å². The third-order valence-corrected chi connectivity index (χ3v) is 4.48. The van der Waals surface area contributed by atoms with Gasteiger partial charge in [0.25, 0.3) is 0 Å². The molecule has 0 aromatic carbocycles. The molecule has 19 heavy (non-hydrogen) atoms. The maximum absolute atomic E-state index is 12.5. The fourth-order valence-electron chi connectivity index (χ4n) is 2.27. The van der Waals surface area contributed by atoms with Crippen LogP contribution in [0.5, 0.6) is 0 Å². The molecule has 1 atom stereocenters. The number of carbonyl (C=O) groups excluding carboxylic acids is 1. The number of ether oxygens (including phenoxy) is 1. The molecule has 1 saturated heterocycles. The van der Waals surface area contributed by atoms with Gasteiger partial charge in [0.1, 0.15) is 0 Å². The molecule has 5 nitrogen and oxygen atoms in total. The highest BCUT2D eigenvalue weighted by Crippen LogP contribution is 2.27. The first-order valence-electron chi connectivity index (χ1n) is 6.61. The molecular weight excluding hydrogens is 264 g/mol. The number of hydrogen-bond acceptors (Lipinski definition) is 4. The molecule has 0 aromatic rings. The van der Waals surface area contributed by atoms with E-state index >= 15 is 0 Å². The van der Waals surface area contributed by atoms with Gasteiger partial charge in [0.15, 0.2) is 0 Å². The first kappa shape index (κ1) is 16.3. The molecule has 1 fully saturated rings. The molecule has 0 bridgehead atoms. The van der Waals surface area contributed by atoms with Crippen LogP contribution in [0, 0.1) is 5.41 Å². The van der Waals surface area contributed by atoms with E-state index in [1.54, 1.807) is 14.0 Å². The van der Waals surface area contributed by atoms with Gasteiger partial charge in [-0.1, -0.05) is 19.1 Å². The normalized spacial score (nSPS) is 21.5. The minimum atomic E-state index is -0.868. The highest BCUT2D eigenvalue weighted by Gasteiger charge is 2.40. The Morgan fingerprint density at radius 2 is 2.05 bits per heavy atom. The summed E-state index contributed by atoms with van der Waals surface area (Å²) in [6.07, 6.45) is 1.63. The molecular formula is C13H24N2O3S. The second kappa shape index (κ2) is 6.15. The average Bonchev–Trinajstić information content (AvgIpc) is 2.36. The van der Waals surface area contributed by atoms with E-state index < -0.39 is 11.0 Å². The predicted molar refractivity (Wildman–Crippen MR) is 77.8 cm³/mol. The lowest BCUT2D eigenvalue weighted by molar-refractivity contribution is -0.143. The Hall–Kier alpha value is -0.720. The molecule has 1 heterocycles. The van der Waals surface area contributed by atoms with E-state index in [2.05, 4.69) is 0 Å². The van der Waals surface area contributed by atoms with Gasteiger partial charge in [-0.2, -0.15) is 0 Å². The Morgan fingerprint density at radius 3 is 2.47 bits per heavy atom. The van der Waals surface area contributed by atoms with Crippen molar-refractivity contribution >= 4 is 23.1 Å². The number of rotatable bonds is 5. The Bertz CT molecular complexity index is 356. The highest BCUT2D eigenvalue weighted by molar-refractivity contribution is 7.80. The van der Waals surface area contributed by atoms with Crippen LogP contribution in [-0.4, -0.2) is 53.3 Å². The first-order valence-corrected chi connectivity index (χ1v) is 7.01. The van der Waals surface area contributed by atoms with E-state index in [1.807, 2.05) is 6.92 Å². The zero-order valence-corrected chi connectivity index (χ0v) is 12.8. The predicted octanol–water partition coefficient (Wildman–Crippen LogP) is 0.689. The molecule has 3 N–H and O–H groups in total. The van der Waals surface area contributed by atoms with Gasteiger partial charge in [0.05, 0.1) is 16.0 Å². The first-order chi connectivity index (χ1) is 8.75. The second-order valence-electron chi connectivity index (χ2n) is 5.55. The number of amides is 1. The van der Waals surface area contributed by atoms with Crippen LogP contribution in [0.1, 0.15) is 33.1 Å². The zero-order valence-electron chi connectivity index (χ0n) is 11.9. The van der Waals surface area contributed by atoms with Crippen LogP contribution in [0.4, 0.5) is 0 Å². The lowest BCUT2D eigenvalue weighted by atomic mass is 9.85. The third-order valence-electron chi connectivity index (χ3n) is 4.02. The summed E-state index contributed by atoms with van der Waals surface area (Å²) < 4.78 is 5.23.